The molecule has 110 valence electrons. The van der Waals surface area contributed by atoms with E-state index in [9.17, 15) is 13.4 Å². The molecule has 0 unspecified atom stereocenters. The first-order valence-corrected chi connectivity index (χ1v) is 8.09. The largest absolute Gasteiger partial charge is 0.445 e. The van der Waals surface area contributed by atoms with Crippen molar-refractivity contribution < 1.29 is 18.5 Å². The SMILES string of the molecule is O=S(=O)(Cc1ccccc1)Nc1ccccc1B(O)CO. The molecular weight excluding hydrogens is 289 g/mol. The molecule has 0 amide bonds. The molecule has 0 spiro atoms. The number of sulfonamides is 1. The molecule has 2 rings (SSSR count). The molecule has 0 heterocycles. The molecule has 2 aromatic rings. The highest BCUT2D eigenvalue weighted by atomic mass is 32.2. The number of benzene rings is 2. The van der Waals surface area contributed by atoms with Gasteiger partial charge in [0.1, 0.15) is 0 Å². The maximum absolute atomic E-state index is 12.2. The second-order valence-electron chi connectivity index (χ2n) is 4.63. The molecule has 0 aliphatic heterocycles. The summed E-state index contributed by atoms with van der Waals surface area (Å²) in [6.07, 6.45) is 0. The van der Waals surface area contributed by atoms with Gasteiger partial charge in [0.05, 0.1) is 12.3 Å². The summed E-state index contributed by atoms with van der Waals surface area (Å²) in [5.74, 6) is -0.155. The monoisotopic (exact) mass is 305 g/mol. The Morgan fingerprint density at radius 3 is 2.29 bits per heavy atom. The van der Waals surface area contributed by atoms with Crippen LogP contribution in [0.1, 0.15) is 5.56 Å². The van der Waals surface area contributed by atoms with Crippen molar-refractivity contribution in [3.05, 3.63) is 60.2 Å². The third kappa shape index (κ3) is 4.32. The molecular formula is C14H16BNO4S. The van der Waals surface area contributed by atoms with E-state index in [1.165, 1.54) is 0 Å². The molecule has 0 atom stereocenters. The fourth-order valence-corrected chi connectivity index (χ4v) is 3.20. The highest BCUT2D eigenvalue weighted by molar-refractivity contribution is 7.91. The number of para-hydroxylation sites is 1. The van der Waals surface area contributed by atoms with Crippen molar-refractivity contribution in [2.24, 2.45) is 0 Å². The molecule has 0 aliphatic carbocycles. The molecule has 3 N–H and O–H groups in total. The van der Waals surface area contributed by atoms with Crippen molar-refractivity contribution in [2.75, 3.05) is 11.2 Å². The zero-order valence-electron chi connectivity index (χ0n) is 11.3. The molecule has 0 saturated heterocycles. The Bertz CT molecular complexity index is 691. The Morgan fingerprint density at radius 1 is 1.00 bits per heavy atom. The Labute approximate surface area is 124 Å². The minimum atomic E-state index is -3.59. The van der Waals surface area contributed by atoms with Crippen LogP contribution in [0.3, 0.4) is 0 Å². The number of aliphatic hydroxyl groups is 1. The van der Waals surface area contributed by atoms with Crippen LogP contribution in [-0.4, -0.2) is 32.0 Å². The highest BCUT2D eigenvalue weighted by Crippen LogP contribution is 2.11. The van der Waals surface area contributed by atoms with Crippen LogP contribution in [0.25, 0.3) is 0 Å². The van der Waals surface area contributed by atoms with Gasteiger partial charge in [0.15, 0.2) is 0 Å². The predicted octanol–water partition coefficient (Wildman–Crippen LogP) is 0.351. The van der Waals surface area contributed by atoms with Crippen LogP contribution < -0.4 is 10.2 Å². The number of aliphatic hydroxyl groups excluding tert-OH is 1. The van der Waals surface area contributed by atoms with Gasteiger partial charge in [-0.25, -0.2) is 8.42 Å². The Morgan fingerprint density at radius 2 is 1.62 bits per heavy atom. The van der Waals surface area contributed by atoms with E-state index >= 15 is 0 Å². The maximum atomic E-state index is 12.2. The van der Waals surface area contributed by atoms with Gasteiger partial charge in [-0.2, -0.15) is 0 Å². The van der Waals surface area contributed by atoms with Gasteiger partial charge < -0.3 is 10.1 Å². The van der Waals surface area contributed by atoms with Crippen molar-refractivity contribution in [3.63, 3.8) is 0 Å². The summed E-state index contributed by atoms with van der Waals surface area (Å²) in [4.78, 5) is 0. The first-order valence-electron chi connectivity index (χ1n) is 6.44. The van der Waals surface area contributed by atoms with Crippen molar-refractivity contribution in [1.82, 2.24) is 0 Å². The van der Waals surface area contributed by atoms with E-state index in [-0.39, 0.29) is 11.4 Å². The predicted molar refractivity (Wildman–Crippen MR) is 83.8 cm³/mol. The minimum Gasteiger partial charge on any atom is -0.445 e. The molecule has 0 fully saturated rings. The van der Waals surface area contributed by atoms with Crippen molar-refractivity contribution >= 4 is 28.1 Å². The summed E-state index contributed by atoms with van der Waals surface area (Å²) in [5, 5.41) is 18.7. The van der Waals surface area contributed by atoms with Gasteiger partial charge in [-0.05, 0) is 17.1 Å². The highest BCUT2D eigenvalue weighted by Gasteiger charge is 2.19. The van der Waals surface area contributed by atoms with Gasteiger partial charge in [0, 0.05) is 5.69 Å². The second-order valence-corrected chi connectivity index (χ2v) is 6.35. The number of anilines is 1. The normalized spacial score (nSPS) is 11.1. The van der Waals surface area contributed by atoms with Crippen LogP contribution in [0.5, 0.6) is 0 Å². The molecule has 0 aliphatic rings. The van der Waals surface area contributed by atoms with E-state index in [4.69, 9.17) is 5.11 Å². The van der Waals surface area contributed by atoms with Crippen LogP contribution in [0.2, 0.25) is 0 Å². The Balaban J connectivity index is 2.21. The summed E-state index contributed by atoms with van der Waals surface area (Å²) in [7, 11) is -3.59. The zero-order chi connectivity index (χ0) is 15.3. The van der Waals surface area contributed by atoms with Gasteiger partial charge in [-0.1, -0.05) is 48.5 Å². The Kier molecular flexibility index (Phi) is 5.00. The third-order valence-corrected chi connectivity index (χ3v) is 4.20. The summed E-state index contributed by atoms with van der Waals surface area (Å²) in [6.45, 7) is -1.60. The number of hydrogen-bond donors (Lipinski definition) is 3. The van der Waals surface area contributed by atoms with Gasteiger partial charge in [0.25, 0.3) is 0 Å². The fourth-order valence-electron chi connectivity index (χ4n) is 1.98. The van der Waals surface area contributed by atoms with Crippen molar-refractivity contribution in [1.29, 1.82) is 0 Å². The molecule has 21 heavy (non-hydrogen) atoms. The Hall–Kier alpha value is -1.83. The average molecular weight is 305 g/mol. The van der Waals surface area contributed by atoms with Crippen LogP contribution in [0, 0.1) is 0 Å². The second kappa shape index (κ2) is 6.75. The smallest absolute Gasteiger partial charge is 0.352 e. The van der Waals surface area contributed by atoms with Gasteiger partial charge in [-0.15, -0.1) is 0 Å². The first-order chi connectivity index (χ1) is 10.0. The van der Waals surface area contributed by atoms with Gasteiger partial charge in [0.2, 0.25) is 10.0 Å². The van der Waals surface area contributed by atoms with E-state index in [1.807, 2.05) is 6.07 Å². The van der Waals surface area contributed by atoms with Crippen molar-refractivity contribution in [3.8, 4) is 0 Å². The molecule has 7 heteroatoms. The summed E-state index contributed by atoms with van der Waals surface area (Å²) >= 11 is 0. The molecule has 2 aromatic carbocycles. The van der Waals surface area contributed by atoms with E-state index in [0.717, 1.165) is 0 Å². The van der Waals surface area contributed by atoms with Gasteiger partial charge in [-0.3, -0.25) is 4.72 Å². The number of nitrogens with one attached hydrogen (secondary N) is 1. The minimum absolute atomic E-state index is 0.155. The summed E-state index contributed by atoms with van der Waals surface area (Å²) in [6, 6.07) is 15.3. The van der Waals surface area contributed by atoms with E-state index in [2.05, 4.69) is 4.72 Å². The molecule has 0 radical (unpaired) electrons. The lowest BCUT2D eigenvalue weighted by atomic mass is 9.62. The van der Waals surface area contributed by atoms with Crippen molar-refractivity contribution in [2.45, 2.75) is 5.75 Å². The third-order valence-electron chi connectivity index (χ3n) is 2.96. The van der Waals surface area contributed by atoms with Gasteiger partial charge >= 0.3 is 6.92 Å². The summed E-state index contributed by atoms with van der Waals surface area (Å²) in [5.41, 5.74) is 1.29. The van der Waals surface area contributed by atoms with E-state index in [1.54, 1.807) is 48.5 Å². The van der Waals surface area contributed by atoms with Crippen LogP contribution in [0.4, 0.5) is 5.69 Å². The zero-order valence-corrected chi connectivity index (χ0v) is 12.1. The topological polar surface area (TPSA) is 86.6 Å². The summed E-state index contributed by atoms with van der Waals surface area (Å²) < 4.78 is 26.8. The molecule has 0 bridgehead atoms. The molecule has 0 aromatic heterocycles. The molecule has 5 nitrogen and oxygen atoms in total. The van der Waals surface area contributed by atoms with Crippen LogP contribution in [-0.2, 0) is 15.8 Å². The lowest BCUT2D eigenvalue weighted by Gasteiger charge is -2.13. The first kappa shape index (κ1) is 15.6. The van der Waals surface area contributed by atoms with E-state index < -0.39 is 23.4 Å². The average Bonchev–Trinajstić information content (AvgIpc) is 2.47. The maximum Gasteiger partial charge on any atom is 0.352 e. The molecule has 0 saturated carbocycles. The quantitative estimate of drug-likeness (QED) is 0.672. The van der Waals surface area contributed by atoms with E-state index in [0.29, 0.717) is 11.0 Å². The number of rotatable bonds is 6. The lowest BCUT2D eigenvalue weighted by molar-refractivity contribution is 0.343. The van der Waals surface area contributed by atoms with Crippen LogP contribution in [0.15, 0.2) is 54.6 Å². The fraction of sp³-hybridized carbons (Fsp3) is 0.143. The standard InChI is InChI=1S/C14H16BNO4S/c17-11-15(18)13-8-4-5-9-14(13)16-21(19,20)10-12-6-2-1-3-7-12/h1-9,16-18H,10-11H2. The number of hydrogen-bond acceptors (Lipinski definition) is 4. The van der Waals surface area contributed by atoms with Crippen LogP contribution >= 0.6 is 0 Å². The lowest BCUT2D eigenvalue weighted by Crippen LogP contribution is -2.37.